The molecule has 1 aliphatic heterocycles. The van der Waals surface area contributed by atoms with Gasteiger partial charge in [0.15, 0.2) is 23.0 Å². The lowest BCUT2D eigenvalue weighted by atomic mass is 9.87. The Balaban J connectivity index is 1.41. The molecule has 7 nitrogen and oxygen atoms in total. The maximum absolute atomic E-state index is 13.2. The van der Waals surface area contributed by atoms with E-state index >= 15 is 0 Å². The van der Waals surface area contributed by atoms with Crippen LogP contribution in [0.3, 0.4) is 0 Å². The van der Waals surface area contributed by atoms with Crippen LogP contribution in [0.2, 0.25) is 0 Å². The van der Waals surface area contributed by atoms with Crippen LogP contribution >= 0.6 is 0 Å². The van der Waals surface area contributed by atoms with Gasteiger partial charge in [-0.05, 0) is 78.1 Å². The number of hydrogen-bond acceptors (Lipinski definition) is 6. The molecule has 42 heavy (non-hydrogen) atoms. The fraction of sp³-hybridized carbons (Fsp3) is 0.457. The van der Waals surface area contributed by atoms with E-state index in [1.807, 2.05) is 42.5 Å². The van der Waals surface area contributed by atoms with Crippen LogP contribution in [0.4, 0.5) is 0 Å². The average Bonchev–Trinajstić information content (AvgIpc) is 3.04. The van der Waals surface area contributed by atoms with Crippen LogP contribution in [0.25, 0.3) is 0 Å². The molecule has 3 aromatic carbocycles. The normalized spacial score (nSPS) is 17.3. The highest BCUT2D eigenvalue weighted by Crippen LogP contribution is 2.41. The van der Waals surface area contributed by atoms with Gasteiger partial charge in [-0.25, -0.2) is 0 Å². The molecule has 0 aromatic heterocycles. The molecule has 0 saturated heterocycles. The Labute approximate surface area is 250 Å². The van der Waals surface area contributed by atoms with Gasteiger partial charge in [-0.15, -0.1) is 0 Å². The Hall–Kier alpha value is -3.71. The van der Waals surface area contributed by atoms with E-state index in [2.05, 4.69) is 28.4 Å². The molecule has 2 aliphatic rings. The molecule has 1 N–H and O–H groups in total. The first-order valence-corrected chi connectivity index (χ1v) is 15.2. The molecule has 1 unspecified atom stereocenters. The van der Waals surface area contributed by atoms with E-state index in [4.69, 9.17) is 18.9 Å². The third-order valence-electron chi connectivity index (χ3n) is 8.65. The molecule has 1 amide bonds. The van der Waals surface area contributed by atoms with Gasteiger partial charge < -0.3 is 24.3 Å². The van der Waals surface area contributed by atoms with Crippen molar-refractivity contribution < 1.29 is 23.7 Å². The van der Waals surface area contributed by atoms with Crippen molar-refractivity contribution in [2.45, 2.75) is 57.5 Å². The molecular formula is C35H44N2O5. The van der Waals surface area contributed by atoms with E-state index in [-0.39, 0.29) is 11.9 Å². The molecule has 224 valence electrons. The van der Waals surface area contributed by atoms with E-state index in [0.717, 1.165) is 35.6 Å². The van der Waals surface area contributed by atoms with Crippen molar-refractivity contribution in [2.75, 3.05) is 41.0 Å². The third-order valence-corrected chi connectivity index (χ3v) is 8.65. The number of nitrogens with zero attached hydrogens (tertiary/aromatic N) is 1. The summed E-state index contributed by atoms with van der Waals surface area (Å²) in [5.74, 6) is 3.57. The van der Waals surface area contributed by atoms with Crippen LogP contribution in [0.15, 0.2) is 60.7 Å². The maximum Gasteiger partial charge on any atom is 0.234 e. The number of ether oxygens (including phenoxy) is 4. The van der Waals surface area contributed by atoms with Gasteiger partial charge in [0.05, 0.1) is 34.5 Å². The fourth-order valence-electron chi connectivity index (χ4n) is 6.29. The minimum absolute atomic E-state index is 0.0156. The van der Waals surface area contributed by atoms with Gasteiger partial charge in [-0.1, -0.05) is 55.7 Å². The van der Waals surface area contributed by atoms with Crippen molar-refractivity contribution in [1.82, 2.24) is 10.2 Å². The zero-order valence-electron chi connectivity index (χ0n) is 25.2. The Kier molecular flexibility index (Phi) is 10.2. The first-order valence-electron chi connectivity index (χ1n) is 15.2. The molecule has 1 fully saturated rings. The molecule has 0 spiro atoms. The molecule has 0 bridgehead atoms. The van der Waals surface area contributed by atoms with E-state index in [9.17, 15) is 4.79 Å². The quantitative estimate of drug-likeness (QED) is 0.282. The number of benzene rings is 3. The summed E-state index contributed by atoms with van der Waals surface area (Å²) < 4.78 is 23.3. The summed E-state index contributed by atoms with van der Waals surface area (Å²) in [4.78, 5) is 15.5. The molecule has 3 aromatic rings. The van der Waals surface area contributed by atoms with Gasteiger partial charge in [0, 0.05) is 19.1 Å². The zero-order valence-corrected chi connectivity index (χ0v) is 25.2. The van der Waals surface area contributed by atoms with Crippen LogP contribution in [-0.2, 0) is 24.2 Å². The Bertz CT molecular complexity index is 1320. The summed E-state index contributed by atoms with van der Waals surface area (Å²) in [6.07, 6.45) is 7.89. The number of rotatable bonds is 12. The number of carbonyl (C=O) groups is 1. The summed E-state index contributed by atoms with van der Waals surface area (Å²) in [7, 11) is 5.01. The Morgan fingerprint density at radius 2 is 1.57 bits per heavy atom. The number of methoxy groups -OCH3 is 3. The zero-order chi connectivity index (χ0) is 29.3. The number of hydrogen-bond donors (Lipinski definition) is 1. The lowest BCUT2D eigenvalue weighted by Gasteiger charge is -2.37. The molecule has 0 radical (unpaired) electrons. The summed E-state index contributed by atoms with van der Waals surface area (Å²) in [5, 5.41) is 3.11. The van der Waals surface area contributed by atoms with Crippen LogP contribution < -0.4 is 24.3 Å². The highest BCUT2D eigenvalue weighted by atomic mass is 16.5. The first kappa shape index (κ1) is 29.8. The number of amides is 1. The van der Waals surface area contributed by atoms with Crippen LogP contribution in [-0.4, -0.2) is 51.8 Å². The summed E-state index contributed by atoms with van der Waals surface area (Å²) >= 11 is 0. The number of carbonyl (C=O) groups excluding carboxylic acids is 1. The molecule has 1 atom stereocenters. The monoisotopic (exact) mass is 572 g/mol. The predicted molar refractivity (Wildman–Crippen MR) is 165 cm³/mol. The second-order valence-electron chi connectivity index (χ2n) is 11.4. The SMILES string of the molecule is COc1ccc(CC2c3cc(OCC4CCCCC4)c(OC)cc3CCN2CC(=O)NCc2ccccc2)cc1OC. The Morgan fingerprint density at radius 1 is 0.833 bits per heavy atom. The molecule has 5 rings (SSSR count). The van der Waals surface area contributed by atoms with Gasteiger partial charge >= 0.3 is 0 Å². The lowest BCUT2D eigenvalue weighted by Crippen LogP contribution is -2.43. The molecular weight excluding hydrogens is 528 g/mol. The van der Waals surface area contributed by atoms with E-state index in [1.165, 1.54) is 43.2 Å². The minimum Gasteiger partial charge on any atom is -0.493 e. The summed E-state index contributed by atoms with van der Waals surface area (Å²) in [6, 6.07) is 20.4. The molecule has 7 heteroatoms. The third kappa shape index (κ3) is 7.37. The minimum atomic E-state index is -0.0164. The molecule has 1 saturated carbocycles. The summed E-state index contributed by atoms with van der Waals surface area (Å²) in [6.45, 7) is 2.31. The number of fused-ring (bicyclic) bond motifs is 1. The van der Waals surface area contributed by atoms with Crippen molar-refractivity contribution in [2.24, 2.45) is 5.92 Å². The highest BCUT2D eigenvalue weighted by molar-refractivity contribution is 5.78. The predicted octanol–water partition coefficient (Wildman–Crippen LogP) is 6.13. The molecule has 1 aliphatic carbocycles. The standard InChI is InChI=1S/C35H44N2O5/c1-39-31-15-14-27(19-32(31)40-2)18-30-29-21-34(42-24-26-12-8-5-9-13-26)33(41-3)20-28(29)16-17-37(30)23-35(38)36-22-25-10-6-4-7-11-25/h4,6-7,10-11,14-15,19-21,26,30H,5,8-9,12-13,16-18,22-24H2,1-3H3,(H,36,38). The second kappa shape index (κ2) is 14.5. The maximum atomic E-state index is 13.2. The average molecular weight is 573 g/mol. The lowest BCUT2D eigenvalue weighted by molar-refractivity contribution is -0.123. The van der Waals surface area contributed by atoms with Crippen LogP contribution in [0, 0.1) is 5.92 Å². The van der Waals surface area contributed by atoms with Gasteiger partial charge in [0.25, 0.3) is 0 Å². The van der Waals surface area contributed by atoms with E-state index in [1.54, 1.807) is 21.3 Å². The number of nitrogens with one attached hydrogen (secondary N) is 1. The van der Waals surface area contributed by atoms with E-state index < -0.39 is 0 Å². The van der Waals surface area contributed by atoms with Gasteiger partial charge in [0.2, 0.25) is 5.91 Å². The van der Waals surface area contributed by atoms with Crippen LogP contribution in [0.1, 0.15) is 60.4 Å². The highest BCUT2D eigenvalue weighted by Gasteiger charge is 2.31. The smallest absolute Gasteiger partial charge is 0.234 e. The first-order chi connectivity index (χ1) is 20.6. The van der Waals surface area contributed by atoms with Crippen molar-refractivity contribution in [3.05, 3.63) is 82.9 Å². The van der Waals surface area contributed by atoms with Crippen molar-refractivity contribution in [3.8, 4) is 23.0 Å². The molecule has 1 heterocycles. The Morgan fingerprint density at radius 3 is 2.31 bits per heavy atom. The van der Waals surface area contributed by atoms with Crippen LogP contribution in [0.5, 0.6) is 23.0 Å². The topological polar surface area (TPSA) is 69.3 Å². The second-order valence-corrected chi connectivity index (χ2v) is 11.4. The van der Waals surface area contributed by atoms with Gasteiger partial charge in [-0.3, -0.25) is 9.69 Å². The fourth-order valence-corrected chi connectivity index (χ4v) is 6.29. The van der Waals surface area contributed by atoms with Crippen molar-refractivity contribution in [3.63, 3.8) is 0 Å². The van der Waals surface area contributed by atoms with E-state index in [0.29, 0.717) is 43.5 Å². The largest absolute Gasteiger partial charge is 0.493 e. The van der Waals surface area contributed by atoms with Crippen molar-refractivity contribution >= 4 is 5.91 Å². The summed E-state index contributed by atoms with van der Waals surface area (Å²) in [5.41, 5.74) is 4.62. The van der Waals surface area contributed by atoms with Gasteiger partial charge in [-0.2, -0.15) is 0 Å². The van der Waals surface area contributed by atoms with Gasteiger partial charge in [0.1, 0.15) is 0 Å². The van der Waals surface area contributed by atoms with Crippen molar-refractivity contribution in [1.29, 1.82) is 0 Å².